The Kier molecular flexibility index (Phi) is 2.93. The second kappa shape index (κ2) is 4.55. The van der Waals surface area contributed by atoms with Gasteiger partial charge in [0.05, 0.1) is 18.1 Å². The second-order valence-electron chi connectivity index (χ2n) is 4.79. The van der Waals surface area contributed by atoms with E-state index in [1.54, 1.807) is 0 Å². The molecule has 1 unspecified atom stereocenters. The van der Waals surface area contributed by atoms with Crippen molar-refractivity contribution in [3.8, 4) is 0 Å². The molecule has 0 amide bonds. The Morgan fingerprint density at radius 2 is 2.38 bits per heavy atom. The highest BCUT2D eigenvalue weighted by atomic mass is 16.5. The van der Waals surface area contributed by atoms with Crippen LogP contribution in [0.4, 0.5) is 0 Å². The van der Waals surface area contributed by atoms with Gasteiger partial charge < -0.3 is 14.6 Å². The van der Waals surface area contributed by atoms with Gasteiger partial charge >= 0.3 is 0 Å². The first-order chi connectivity index (χ1) is 7.93. The molecule has 3 rings (SSSR count). The van der Waals surface area contributed by atoms with E-state index in [2.05, 4.69) is 14.9 Å². The van der Waals surface area contributed by atoms with Gasteiger partial charge in [0.2, 0.25) is 0 Å². The number of ether oxygens (including phenoxy) is 1. The van der Waals surface area contributed by atoms with Gasteiger partial charge in [-0.25, -0.2) is 4.98 Å². The van der Waals surface area contributed by atoms with Gasteiger partial charge in [-0.1, -0.05) is 0 Å². The Morgan fingerprint density at radius 3 is 3.12 bits per heavy atom. The van der Waals surface area contributed by atoms with Crippen LogP contribution < -0.4 is 5.32 Å². The molecule has 0 aromatic carbocycles. The summed E-state index contributed by atoms with van der Waals surface area (Å²) in [5, 5.41) is 3.47. The van der Waals surface area contributed by atoms with Crippen LogP contribution in [0.5, 0.6) is 0 Å². The number of nitrogens with zero attached hydrogens (tertiary/aromatic N) is 2. The lowest BCUT2D eigenvalue weighted by molar-refractivity contribution is 0.110. The summed E-state index contributed by atoms with van der Waals surface area (Å²) in [4.78, 5) is 4.23. The predicted octanol–water partition coefficient (Wildman–Crippen LogP) is 1.49. The number of aromatic nitrogens is 2. The van der Waals surface area contributed by atoms with E-state index >= 15 is 0 Å². The second-order valence-corrected chi connectivity index (χ2v) is 4.79. The van der Waals surface area contributed by atoms with E-state index in [-0.39, 0.29) is 0 Å². The molecule has 0 bridgehead atoms. The molecule has 2 aliphatic rings. The Hall–Kier alpha value is -0.870. The highest BCUT2D eigenvalue weighted by Crippen LogP contribution is 2.35. The molecule has 0 spiro atoms. The van der Waals surface area contributed by atoms with Crippen LogP contribution in [0.25, 0.3) is 0 Å². The van der Waals surface area contributed by atoms with Gasteiger partial charge in [0.15, 0.2) is 0 Å². The van der Waals surface area contributed by atoms with Crippen molar-refractivity contribution in [3.63, 3.8) is 0 Å². The molecule has 1 aliphatic carbocycles. The van der Waals surface area contributed by atoms with Gasteiger partial charge in [0, 0.05) is 31.9 Å². The maximum absolute atomic E-state index is 5.58. The molecule has 88 valence electrons. The summed E-state index contributed by atoms with van der Waals surface area (Å²) >= 11 is 0. The normalized spacial score (nSPS) is 25.1. The maximum Gasteiger partial charge on any atom is 0.0951 e. The lowest BCUT2D eigenvalue weighted by Gasteiger charge is -2.11. The van der Waals surface area contributed by atoms with Crippen LogP contribution >= 0.6 is 0 Å². The molecule has 1 saturated carbocycles. The van der Waals surface area contributed by atoms with Gasteiger partial charge in [-0.15, -0.1) is 0 Å². The third-order valence-corrected chi connectivity index (χ3v) is 3.39. The number of hydrogen-bond acceptors (Lipinski definition) is 3. The zero-order chi connectivity index (χ0) is 10.8. The van der Waals surface area contributed by atoms with Crippen LogP contribution in [-0.2, 0) is 11.3 Å². The van der Waals surface area contributed by atoms with Crippen LogP contribution in [0.15, 0.2) is 12.5 Å². The van der Waals surface area contributed by atoms with Gasteiger partial charge in [-0.3, -0.25) is 0 Å². The van der Waals surface area contributed by atoms with E-state index in [0.29, 0.717) is 6.10 Å². The van der Waals surface area contributed by atoms with E-state index in [1.807, 2.05) is 12.5 Å². The van der Waals surface area contributed by atoms with Crippen LogP contribution in [-0.4, -0.2) is 28.8 Å². The summed E-state index contributed by atoms with van der Waals surface area (Å²) in [5.41, 5.74) is 1.31. The van der Waals surface area contributed by atoms with Gasteiger partial charge in [0.1, 0.15) is 0 Å². The fourth-order valence-corrected chi connectivity index (χ4v) is 2.32. The van der Waals surface area contributed by atoms with Crippen molar-refractivity contribution in [1.82, 2.24) is 14.9 Å². The van der Waals surface area contributed by atoms with Crippen LogP contribution in [0.1, 0.15) is 37.4 Å². The van der Waals surface area contributed by atoms with E-state index in [0.717, 1.165) is 25.7 Å². The standard InChI is InChI=1S/C12H19N3O/c1-2-12(16-5-1)8-13-6-11-7-14-9-15(11)10-3-4-10/h7,9-10,12-13H,1-6,8H2. The number of imidazole rings is 1. The zero-order valence-electron chi connectivity index (χ0n) is 9.56. The Morgan fingerprint density at radius 1 is 1.44 bits per heavy atom. The SMILES string of the molecule is c1ncn(C2CC2)c1CNCC1CCCO1. The molecule has 4 nitrogen and oxygen atoms in total. The highest BCUT2D eigenvalue weighted by molar-refractivity contribution is 5.03. The lowest BCUT2D eigenvalue weighted by Crippen LogP contribution is -2.26. The fraction of sp³-hybridized carbons (Fsp3) is 0.750. The Balaban J connectivity index is 1.48. The minimum Gasteiger partial charge on any atom is -0.377 e. The number of hydrogen-bond donors (Lipinski definition) is 1. The molecule has 1 saturated heterocycles. The molecule has 1 N–H and O–H groups in total. The van der Waals surface area contributed by atoms with Gasteiger partial charge in [-0.2, -0.15) is 0 Å². The van der Waals surface area contributed by atoms with Gasteiger partial charge in [0.25, 0.3) is 0 Å². The average molecular weight is 221 g/mol. The average Bonchev–Trinajstić information content (AvgIpc) is 2.82. The monoisotopic (exact) mass is 221 g/mol. The summed E-state index contributed by atoms with van der Waals surface area (Å²) in [6.07, 6.45) is 9.41. The quantitative estimate of drug-likeness (QED) is 0.818. The van der Waals surface area contributed by atoms with E-state index in [1.165, 1.54) is 31.4 Å². The molecule has 1 atom stereocenters. The van der Waals surface area contributed by atoms with Crippen molar-refractivity contribution >= 4 is 0 Å². The third kappa shape index (κ3) is 2.28. The van der Waals surface area contributed by atoms with Crippen molar-refractivity contribution in [2.24, 2.45) is 0 Å². The summed E-state index contributed by atoms with van der Waals surface area (Å²) < 4.78 is 7.89. The van der Waals surface area contributed by atoms with Crippen molar-refractivity contribution in [3.05, 3.63) is 18.2 Å². The van der Waals surface area contributed by atoms with Crippen LogP contribution in [0.2, 0.25) is 0 Å². The smallest absolute Gasteiger partial charge is 0.0951 e. The summed E-state index contributed by atoms with van der Waals surface area (Å²) in [6.45, 7) is 2.82. The maximum atomic E-state index is 5.58. The summed E-state index contributed by atoms with van der Waals surface area (Å²) in [5.74, 6) is 0. The van der Waals surface area contributed by atoms with Crippen molar-refractivity contribution in [2.45, 2.75) is 44.4 Å². The van der Waals surface area contributed by atoms with Crippen LogP contribution in [0, 0.1) is 0 Å². The minimum atomic E-state index is 0.428. The first kappa shape index (κ1) is 10.3. The van der Waals surface area contributed by atoms with E-state index < -0.39 is 0 Å². The summed E-state index contributed by atoms with van der Waals surface area (Å²) in [6, 6.07) is 0.724. The number of nitrogens with one attached hydrogen (secondary N) is 1. The lowest BCUT2D eigenvalue weighted by atomic mass is 10.2. The first-order valence-electron chi connectivity index (χ1n) is 6.26. The largest absolute Gasteiger partial charge is 0.377 e. The number of rotatable bonds is 5. The molecule has 2 heterocycles. The Labute approximate surface area is 96.0 Å². The van der Waals surface area contributed by atoms with E-state index in [4.69, 9.17) is 4.74 Å². The van der Waals surface area contributed by atoms with Gasteiger partial charge in [-0.05, 0) is 25.7 Å². The molecule has 4 heteroatoms. The highest BCUT2D eigenvalue weighted by Gasteiger charge is 2.25. The Bertz CT molecular complexity index is 340. The molecule has 16 heavy (non-hydrogen) atoms. The molecular formula is C12H19N3O. The van der Waals surface area contributed by atoms with Crippen molar-refractivity contribution < 1.29 is 4.74 Å². The topological polar surface area (TPSA) is 39.1 Å². The van der Waals surface area contributed by atoms with E-state index in [9.17, 15) is 0 Å². The molecule has 1 aliphatic heterocycles. The molecule has 2 fully saturated rings. The molecule has 1 aromatic rings. The third-order valence-electron chi connectivity index (χ3n) is 3.39. The molecular weight excluding hydrogens is 202 g/mol. The first-order valence-corrected chi connectivity index (χ1v) is 6.26. The zero-order valence-corrected chi connectivity index (χ0v) is 9.56. The van der Waals surface area contributed by atoms with Crippen molar-refractivity contribution in [2.75, 3.05) is 13.2 Å². The fourth-order valence-electron chi connectivity index (χ4n) is 2.32. The van der Waals surface area contributed by atoms with Crippen molar-refractivity contribution in [1.29, 1.82) is 0 Å². The molecule has 1 aromatic heterocycles. The predicted molar refractivity (Wildman–Crippen MR) is 61.2 cm³/mol. The minimum absolute atomic E-state index is 0.428. The molecule has 0 radical (unpaired) electrons. The van der Waals surface area contributed by atoms with Crippen LogP contribution in [0.3, 0.4) is 0 Å². The summed E-state index contributed by atoms with van der Waals surface area (Å²) in [7, 11) is 0.